The highest BCUT2D eigenvalue weighted by Crippen LogP contribution is 2.17. The molecule has 7 nitrogen and oxygen atoms in total. The fourth-order valence-corrected chi connectivity index (χ4v) is 2.61. The Labute approximate surface area is 139 Å². The van der Waals surface area contributed by atoms with Crippen molar-refractivity contribution in [3.63, 3.8) is 0 Å². The predicted molar refractivity (Wildman–Crippen MR) is 85.4 cm³/mol. The Balaban J connectivity index is 1.44. The zero-order chi connectivity index (χ0) is 16.8. The van der Waals surface area contributed by atoms with Crippen molar-refractivity contribution in [1.82, 2.24) is 25.6 Å². The molecule has 0 unspecified atom stereocenters. The van der Waals surface area contributed by atoms with Crippen LogP contribution in [0.4, 0.5) is 4.39 Å². The molecule has 0 saturated carbocycles. The molecule has 2 aromatic rings. The number of rotatable bonds is 6. The second-order valence-corrected chi connectivity index (χ2v) is 5.63. The lowest BCUT2D eigenvalue weighted by Gasteiger charge is -2.22. The van der Waals surface area contributed by atoms with E-state index in [1.807, 2.05) is 0 Å². The number of aromatic nitrogens is 3. The highest BCUT2D eigenvalue weighted by atomic mass is 19.1. The van der Waals surface area contributed by atoms with E-state index in [4.69, 9.17) is 4.74 Å². The maximum Gasteiger partial charge on any atom is 0.273 e. The highest BCUT2D eigenvalue weighted by Gasteiger charge is 2.18. The van der Waals surface area contributed by atoms with Crippen LogP contribution in [0.5, 0.6) is 5.75 Å². The summed E-state index contributed by atoms with van der Waals surface area (Å²) in [6.07, 6.45) is 3.64. The molecule has 1 aliphatic heterocycles. The van der Waals surface area contributed by atoms with E-state index in [0.717, 1.165) is 25.9 Å². The molecule has 128 valence electrons. The molecular weight excluding hydrogens is 313 g/mol. The van der Waals surface area contributed by atoms with Crippen LogP contribution in [0.25, 0.3) is 0 Å². The zero-order valence-electron chi connectivity index (χ0n) is 13.2. The summed E-state index contributed by atoms with van der Waals surface area (Å²) < 4.78 is 20.1. The van der Waals surface area contributed by atoms with Gasteiger partial charge in [-0.1, -0.05) is 11.3 Å². The summed E-state index contributed by atoms with van der Waals surface area (Å²) >= 11 is 0. The van der Waals surface area contributed by atoms with E-state index in [0.29, 0.717) is 18.0 Å². The van der Waals surface area contributed by atoms with Gasteiger partial charge in [-0.3, -0.25) is 4.79 Å². The SMILES string of the molecule is O=C(NCCOc1cccc(F)c1)c1cn(C2CCNCC2)nn1. The summed E-state index contributed by atoms with van der Waals surface area (Å²) in [5.74, 6) is -0.217. The Kier molecular flexibility index (Phi) is 5.37. The van der Waals surface area contributed by atoms with Crippen molar-refractivity contribution >= 4 is 5.91 Å². The second kappa shape index (κ2) is 7.87. The fraction of sp³-hybridized carbons (Fsp3) is 0.438. The molecule has 0 spiro atoms. The minimum Gasteiger partial charge on any atom is -0.492 e. The van der Waals surface area contributed by atoms with Gasteiger partial charge in [0.1, 0.15) is 18.2 Å². The van der Waals surface area contributed by atoms with Crippen LogP contribution in [0, 0.1) is 5.82 Å². The zero-order valence-corrected chi connectivity index (χ0v) is 13.2. The van der Waals surface area contributed by atoms with E-state index < -0.39 is 0 Å². The Morgan fingerprint density at radius 2 is 2.25 bits per heavy atom. The van der Waals surface area contributed by atoms with Crippen molar-refractivity contribution in [2.75, 3.05) is 26.2 Å². The molecule has 24 heavy (non-hydrogen) atoms. The quantitative estimate of drug-likeness (QED) is 0.775. The summed E-state index contributed by atoms with van der Waals surface area (Å²) in [4.78, 5) is 12.1. The van der Waals surface area contributed by atoms with Gasteiger partial charge in [-0.25, -0.2) is 9.07 Å². The molecule has 2 N–H and O–H groups in total. The second-order valence-electron chi connectivity index (χ2n) is 5.63. The number of halogens is 1. The lowest BCUT2D eigenvalue weighted by atomic mass is 10.1. The third-order valence-electron chi connectivity index (χ3n) is 3.88. The van der Waals surface area contributed by atoms with E-state index in [1.165, 1.54) is 12.1 Å². The normalized spacial score (nSPS) is 15.2. The van der Waals surface area contributed by atoms with Gasteiger partial charge in [0.25, 0.3) is 5.91 Å². The Hall–Kier alpha value is -2.48. The Bertz CT molecular complexity index is 685. The van der Waals surface area contributed by atoms with Gasteiger partial charge in [0.05, 0.1) is 18.8 Å². The molecule has 1 fully saturated rings. The first-order valence-corrected chi connectivity index (χ1v) is 8.01. The third-order valence-corrected chi connectivity index (χ3v) is 3.88. The number of nitrogens with one attached hydrogen (secondary N) is 2. The largest absolute Gasteiger partial charge is 0.492 e. The fourth-order valence-electron chi connectivity index (χ4n) is 2.61. The molecule has 8 heteroatoms. The molecule has 0 radical (unpaired) electrons. The van der Waals surface area contributed by atoms with E-state index >= 15 is 0 Å². The molecule has 1 aliphatic rings. The van der Waals surface area contributed by atoms with Gasteiger partial charge in [0, 0.05) is 6.07 Å². The van der Waals surface area contributed by atoms with Crippen LogP contribution in [0.1, 0.15) is 29.4 Å². The van der Waals surface area contributed by atoms with Crippen LogP contribution in [-0.2, 0) is 0 Å². The number of ether oxygens (including phenoxy) is 1. The Morgan fingerprint density at radius 3 is 3.04 bits per heavy atom. The van der Waals surface area contributed by atoms with E-state index in [9.17, 15) is 9.18 Å². The van der Waals surface area contributed by atoms with Crippen molar-refractivity contribution < 1.29 is 13.9 Å². The van der Waals surface area contributed by atoms with Crippen LogP contribution in [-0.4, -0.2) is 47.1 Å². The molecule has 3 rings (SSSR count). The lowest BCUT2D eigenvalue weighted by molar-refractivity contribution is 0.0942. The van der Waals surface area contributed by atoms with Crippen LogP contribution in [0.3, 0.4) is 0 Å². The van der Waals surface area contributed by atoms with Crippen molar-refractivity contribution in [2.24, 2.45) is 0 Å². The molecule has 1 amide bonds. The molecule has 1 saturated heterocycles. The third kappa shape index (κ3) is 4.29. The number of hydrogen-bond donors (Lipinski definition) is 2. The van der Waals surface area contributed by atoms with Crippen molar-refractivity contribution in [3.8, 4) is 5.75 Å². The summed E-state index contributed by atoms with van der Waals surface area (Å²) in [6.45, 7) is 2.44. The van der Waals surface area contributed by atoms with E-state index in [-0.39, 0.29) is 24.4 Å². The number of nitrogens with zero attached hydrogens (tertiary/aromatic N) is 3. The van der Waals surface area contributed by atoms with Gasteiger partial charge in [-0.2, -0.15) is 0 Å². The van der Waals surface area contributed by atoms with Crippen LogP contribution < -0.4 is 15.4 Å². The number of benzene rings is 1. The van der Waals surface area contributed by atoms with Gasteiger partial charge >= 0.3 is 0 Å². The van der Waals surface area contributed by atoms with Crippen molar-refractivity contribution in [3.05, 3.63) is 42.0 Å². The number of piperidine rings is 1. The van der Waals surface area contributed by atoms with Gasteiger partial charge < -0.3 is 15.4 Å². The van der Waals surface area contributed by atoms with Crippen LogP contribution in [0.2, 0.25) is 0 Å². The number of carbonyl (C=O) groups is 1. The molecule has 0 atom stereocenters. The molecule has 0 bridgehead atoms. The summed E-state index contributed by atoms with van der Waals surface area (Å²) in [5, 5.41) is 14.0. The molecular formula is C16H20FN5O2. The average molecular weight is 333 g/mol. The first-order chi connectivity index (χ1) is 11.7. The number of amides is 1. The van der Waals surface area contributed by atoms with E-state index in [2.05, 4.69) is 20.9 Å². The van der Waals surface area contributed by atoms with Crippen LogP contribution >= 0.6 is 0 Å². The standard InChI is InChI=1S/C16H20FN5O2/c17-12-2-1-3-14(10-12)24-9-8-19-16(23)15-11-22(21-20-15)13-4-6-18-7-5-13/h1-3,10-11,13,18H,4-9H2,(H,19,23). The molecule has 0 aliphatic carbocycles. The number of carbonyl (C=O) groups excluding carboxylic acids is 1. The maximum atomic E-state index is 13.0. The van der Waals surface area contributed by atoms with Crippen molar-refractivity contribution in [2.45, 2.75) is 18.9 Å². The monoisotopic (exact) mass is 333 g/mol. The van der Waals surface area contributed by atoms with Gasteiger partial charge in [-0.15, -0.1) is 5.10 Å². The van der Waals surface area contributed by atoms with Crippen LogP contribution in [0.15, 0.2) is 30.5 Å². The first kappa shape index (κ1) is 16.4. The first-order valence-electron chi connectivity index (χ1n) is 8.01. The average Bonchev–Trinajstić information content (AvgIpc) is 3.10. The molecule has 1 aromatic carbocycles. The summed E-state index contributed by atoms with van der Waals surface area (Å²) in [6, 6.07) is 6.17. The van der Waals surface area contributed by atoms with Crippen molar-refractivity contribution in [1.29, 1.82) is 0 Å². The lowest BCUT2D eigenvalue weighted by Crippen LogP contribution is -2.30. The van der Waals surface area contributed by atoms with Gasteiger partial charge in [0.2, 0.25) is 0 Å². The Morgan fingerprint density at radius 1 is 1.42 bits per heavy atom. The van der Waals surface area contributed by atoms with Gasteiger partial charge in [0.15, 0.2) is 5.69 Å². The molecule has 2 heterocycles. The van der Waals surface area contributed by atoms with Gasteiger partial charge in [-0.05, 0) is 38.1 Å². The summed E-state index contributed by atoms with van der Waals surface area (Å²) in [7, 11) is 0. The summed E-state index contributed by atoms with van der Waals surface area (Å²) in [5.41, 5.74) is 0.291. The predicted octanol–water partition coefficient (Wildman–Crippen LogP) is 1.15. The number of hydrogen-bond acceptors (Lipinski definition) is 5. The minimum atomic E-state index is -0.355. The molecule has 1 aromatic heterocycles. The topological polar surface area (TPSA) is 81.1 Å². The minimum absolute atomic E-state index is 0.248. The highest BCUT2D eigenvalue weighted by molar-refractivity contribution is 5.91. The smallest absolute Gasteiger partial charge is 0.273 e. The van der Waals surface area contributed by atoms with E-state index in [1.54, 1.807) is 23.0 Å². The maximum absolute atomic E-state index is 13.0.